The maximum absolute atomic E-state index is 10.7. The van der Waals surface area contributed by atoms with Crippen molar-refractivity contribution in [2.24, 2.45) is 17.1 Å². The zero-order chi connectivity index (χ0) is 7.90. The van der Waals surface area contributed by atoms with E-state index in [1.54, 1.807) is 0 Å². The summed E-state index contributed by atoms with van der Waals surface area (Å²) in [6.07, 6.45) is 7.59. The van der Waals surface area contributed by atoms with E-state index in [0.717, 1.165) is 12.8 Å². The fraction of sp³-hybridized carbons (Fsp3) is 0.889. The molecular weight excluding hydrogens is 138 g/mol. The molecule has 0 atom stereocenters. The Morgan fingerprint density at radius 1 is 1.27 bits per heavy atom. The molecule has 11 heavy (non-hydrogen) atoms. The van der Waals surface area contributed by atoms with Gasteiger partial charge in [-0.3, -0.25) is 4.79 Å². The zero-order valence-electron chi connectivity index (χ0n) is 6.81. The van der Waals surface area contributed by atoms with Gasteiger partial charge in [0.05, 0.1) is 0 Å². The molecule has 0 aromatic heterocycles. The molecule has 2 saturated carbocycles. The smallest absolute Gasteiger partial charge is 0.220 e. The molecule has 1 spiro atoms. The van der Waals surface area contributed by atoms with Crippen LogP contribution in [0.15, 0.2) is 0 Å². The first-order chi connectivity index (χ1) is 5.22. The summed E-state index contributed by atoms with van der Waals surface area (Å²) in [7, 11) is 0. The fourth-order valence-corrected chi connectivity index (χ4v) is 2.72. The lowest BCUT2D eigenvalue weighted by atomic mass is 9.61. The van der Waals surface area contributed by atoms with Crippen molar-refractivity contribution in [2.45, 2.75) is 38.5 Å². The average Bonchev–Trinajstić information content (AvgIpc) is 2.29. The van der Waals surface area contributed by atoms with Crippen LogP contribution in [0, 0.1) is 11.3 Å². The predicted molar refractivity (Wildman–Crippen MR) is 42.8 cm³/mol. The van der Waals surface area contributed by atoms with E-state index < -0.39 is 0 Å². The molecule has 2 aliphatic rings. The number of nitrogens with two attached hydrogens (primary N) is 1. The Kier molecular flexibility index (Phi) is 1.44. The van der Waals surface area contributed by atoms with Crippen LogP contribution in [0.25, 0.3) is 0 Å². The number of hydrogen-bond donors (Lipinski definition) is 1. The topological polar surface area (TPSA) is 43.1 Å². The molecular formula is C9H15NO. The largest absolute Gasteiger partial charge is 0.369 e. The van der Waals surface area contributed by atoms with Crippen LogP contribution in [0.1, 0.15) is 38.5 Å². The number of amides is 1. The second-order valence-electron chi connectivity index (χ2n) is 4.21. The van der Waals surface area contributed by atoms with Gasteiger partial charge in [-0.25, -0.2) is 0 Å². The van der Waals surface area contributed by atoms with Crippen molar-refractivity contribution in [3.05, 3.63) is 0 Å². The third-order valence-corrected chi connectivity index (χ3v) is 3.43. The molecule has 2 fully saturated rings. The number of hydrogen-bond acceptors (Lipinski definition) is 1. The van der Waals surface area contributed by atoms with Crippen LogP contribution in [0.5, 0.6) is 0 Å². The molecule has 0 aliphatic heterocycles. The van der Waals surface area contributed by atoms with Crippen molar-refractivity contribution in [3.63, 3.8) is 0 Å². The van der Waals surface area contributed by atoms with Crippen LogP contribution in [0.2, 0.25) is 0 Å². The van der Waals surface area contributed by atoms with Gasteiger partial charge in [0.2, 0.25) is 5.91 Å². The molecule has 0 unspecified atom stereocenters. The van der Waals surface area contributed by atoms with E-state index in [4.69, 9.17) is 5.73 Å². The minimum Gasteiger partial charge on any atom is -0.369 e. The highest BCUT2D eigenvalue weighted by Gasteiger charge is 2.47. The van der Waals surface area contributed by atoms with E-state index in [0.29, 0.717) is 5.41 Å². The van der Waals surface area contributed by atoms with Crippen LogP contribution in [-0.2, 0) is 4.79 Å². The van der Waals surface area contributed by atoms with Crippen molar-refractivity contribution < 1.29 is 4.79 Å². The molecule has 2 nitrogen and oxygen atoms in total. The summed E-state index contributed by atoms with van der Waals surface area (Å²) < 4.78 is 0. The van der Waals surface area contributed by atoms with Gasteiger partial charge in [-0.2, -0.15) is 0 Å². The van der Waals surface area contributed by atoms with E-state index in [1.807, 2.05) is 0 Å². The molecule has 0 radical (unpaired) electrons. The van der Waals surface area contributed by atoms with Gasteiger partial charge in [0.1, 0.15) is 0 Å². The van der Waals surface area contributed by atoms with Gasteiger partial charge >= 0.3 is 0 Å². The van der Waals surface area contributed by atoms with E-state index in [1.165, 1.54) is 25.7 Å². The molecule has 0 saturated heterocycles. The van der Waals surface area contributed by atoms with E-state index >= 15 is 0 Å². The molecule has 2 heteroatoms. The van der Waals surface area contributed by atoms with Gasteiger partial charge in [0.15, 0.2) is 0 Å². The first-order valence-electron chi connectivity index (χ1n) is 4.51. The number of carbonyl (C=O) groups is 1. The predicted octanol–water partition coefficient (Wildman–Crippen LogP) is 1.44. The number of carbonyl (C=O) groups excluding carboxylic acids is 1. The lowest BCUT2D eigenvalue weighted by molar-refractivity contribution is -0.129. The van der Waals surface area contributed by atoms with Crippen molar-refractivity contribution in [3.8, 4) is 0 Å². The first-order valence-corrected chi connectivity index (χ1v) is 4.51. The molecule has 1 amide bonds. The Bertz CT molecular complexity index is 174. The zero-order valence-corrected chi connectivity index (χ0v) is 6.81. The lowest BCUT2D eigenvalue weighted by Crippen LogP contribution is -2.42. The highest BCUT2D eigenvalue weighted by molar-refractivity contribution is 5.77. The van der Waals surface area contributed by atoms with Crippen LogP contribution >= 0.6 is 0 Å². The second kappa shape index (κ2) is 2.23. The summed E-state index contributed by atoms with van der Waals surface area (Å²) in [5, 5.41) is 0. The maximum Gasteiger partial charge on any atom is 0.220 e. The highest BCUT2D eigenvalue weighted by Crippen LogP contribution is 2.55. The second-order valence-corrected chi connectivity index (χ2v) is 4.21. The van der Waals surface area contributed by atoms with Crippen molar-refractivity contribution in [1.29, 1.82) is 0 Å². The minimum atomic E-state index is -0.0810. The van der Waals surface area contributed by atoms with Crippen LogP contribution in [0.4, 0.5) is 0 Å². The van der Waals surface area contributed by atoms with E-state index in [-0.39, 0.29) is 11.8 Å². The lowest BCUT2D eigenvalue weighted by Gasteiger charge is -2.43. The Morgan fingerprint density at radius 2 is 1.82 bits per heavy atom. The fourth-order valence-electron chi connectivity index (χ4n) is 2.72. The Hall–Kier alpha value is -0.530. The average molecular weight is 153 g/mol. The Labute approximate surface area is 67.1 Å². The molecule has 0 aromatic carbocycles. The normalized spacial score (nSPS) is 28.7. The van der Waals surface area contributed by atoms with Gasteiger partial charge in [-0.05, 0) is 31.1 Å². The first kappa shape index (κ1) is 7.14. The third-order valence-electron chi connectivity index (χ3n) is 3.43. The third kappa shape index (κ3) is 1.05. The summed E-state index contributed by atoms with van der Waals surface area (Å²) in [5.41, 5.74) is 5.78. The summed E-state index contributed by atoms with van der Waals surface area (Å²) in [6, 6.07) is 0. The van der Waals surface area contributed by atoms with Crippen LogP contribution < -0.4 is 5.73 Å². The molecule has 2 rings (SSSR count). The van der Waals surface area contributed by atoms with Crippen LogP contribution in [-0.4, -0.2) is 5.91 Å². The van der Waals surface area contributed by atoms with Gasteiger partial charge < -0.3 is 5.73 Å². The van der Waals surface area contributed by atoms with Crippen molar-refractivity contribution >= 4 is 5.91 Å². The van der Waals surface area contributed by atoms with Crippen LogP contribution in [0.3, 0.4) is 0 Å². The maximum atomic E-state index is 10.7. The SMILES string of the molecule is NC(=O)C1CC2(CCCC2)C1. The van der Waals surface area contributed by atoms with Crippen molar-refractivity contribution in [2.75, 3.05) is 0 Å². The standard InChI is InChI=1S/C9H15NO/c10-8(11)7-5-9(6-7)3-1-2-4-9/h7H,1-6H2,(H2,10,11). The van der Waals surface area contributed by atoms with E-state index in [2.05, 4.69) is 0 Å². The van der Waals surface area contributed by atoms with E-state index in [9.17, 15) is 4.79 Å². The quantitative estimate of drug-likeness (QED) is 0.608. The van der Waals surface area contributed by atoms with Crippen molar-refractivity contribution in [1.82, 2.24) is 0 Å². The summed E-state index contributed by atoms with van der Waals surface area (Å²) >= 11 is 0. The molecule has 2 aliphatic carbocycles. The van der Waals surface area contributed by atoms with Gasteiger partial charge in [0.25, 0.3) is 0 Å². The van der Waals surface area contributed by atoms with Gasteiger partial charge in [0, 0.05) is 5.92 Å². The number of primary amides is 1. The van der Waals surface area contributed by atoms with Gasteiger partial charge in [-0.1, -0.05) is 12.8 Å². The summed E-state index contributed by atoms with van der Waals surface area (Å²) in [4.78, 5) is 10.7. The molecule has 2 N–H and O–H groups in total. The van der Waals surface area contributed by atoms with Gasteiger partial charge in [-0.15, -0.1) is 0 Å². The molecule has 0 aromatic rings. The Morgan fingerprint density at radius 3 is 2.27 bits per heavy atom. The summed E-state index contributed by atoms with van der Waals surface area (Å²) in [6.45, 7) is 0. The molecule has 0 bridgehead atoms. The molecule has 62 valence electrons. The monoisotopic (exact) mass is 153 g/mol. The minimum absolute atomic E-state index is 0.0810. The number of rotatable bonds is 1. The Balaban J connectivity index is 1.91. The summed E-state index contributed by atoms with van der Waals surface area (Å²) in [5.74, 6) is 0.135. The highest BCUT2D eigenvalue weighted by atomic mass is 16.1. The molecule has 0 heterocycles.